The lowest BCUT2D eigenvalue weighted by Crippen LogP contribution is -2.35. The lowest BCUT2D eigenvalue weighted by molar-refractivity contribution is -0.446. The number of benzene rings is 4. The van der Waals surface area contributed by atoms with Crippen molar-refractivity contribution >= 4 is 66.4 Å². The fourth-order valence-electron chi connectivity index (χ4n) is 6.58. The lowest BCUT2D eigenvalue weighted by Gasteiger charge is -2.27. The van der Waals surface area contributed by atoms with Crippen LogP contribution in [0, 0.1) is 5.92 Å². The Kier molecular flexibility index (Phi) is 2.97. The number of rotatable bonds is 0. The standard InChI is InChI=1S/C31H18N3O/c35-31-22-10-2-1-8-18(22)21-16-17-27-30-29(21)34(31)25-14-6-5-13-24(25)33(30)26-15-7-11-20-19-9-3-4-12-23(19)32(27)28(20)26/h1-17,22H/q+1. The molecule has 4 heteroatoms. The normalized spacial score (nSPS) is 17.2. The molecule has 35 heavy (non-hydrogen) atoms. The molecule has 0 N–H and O–H groups in total. The van der Waals surface area contributed by atoms with E-state index in [1.54, 1.807) is 0 Å². The molecule has 0 amide bonds. The second kappa shape index (κ2) is 5.86. The summed E-state index contributed by atoms with van der Waals surface area (Å²) in [6, 6.07) is 27.9. The first-order chi connectivity index (χ1) is 17.3. The van der Waals surface area contributed by atoms with Crippen LogP contribution in [-0.2, 0) is 0 Å². The Morgan fingerprint density at radius 2 is 1.49 bits per heavy atom. The number of hydrogen-bond donors (Lipinski definition) is 0. The number of hydrogen-bond acceptors (Lipinski definition) is 1. The van der Waals surface area contributed by atoms with Gasteiger partial charge in [0.1, 0.15) is 11.0 Å². The molecule has 0 saturated heterocycles. The molecule has 0 fully saturated rings. The van der Waals surface area contributed by atoms with Gasteiger partial charge in [0, 0.05) is 17.4 Å². The summed E-state index contributed by atoms with van der Waals surface area (Å²) >= 11 is 0. The second-order valence-corrected chi connectivity index (χ2v) is 9.53. The smallest absolute Gasteiger partial charge is 0.244 e. The molecule has 1 unspecified atom stereocenters. The molecular formula is C31H18N3O+. The zero-order valence-electron chi connectivity index (χ0n) is 18.6. The summed E-state index contributed by atoms with van der Waals surface area (Å²) in [7, 11) is 0. The molecule has 1 atom stereocenters. The van der Waals surface area contributed by atoms with Gasteiger partial charge in [0.05, 0.1) is 33.2 Å². The average molecular weight is 449 g/mol. The third-order valence-electron chi connectivity index (χ3n) is 7.92. The average Bonchev–Trinajstić information content (AvgIpc) is 3.26. The molecule has 1 aliphatic heterocycles. The third kappa shape index (κ3) is 1.90. The number of carbonyl (C=O) groups excluding carboxylic acids is 1. The molecule has 0 radical (unpaired) electrons. The Hall–Kier alpha value is -4.70. The van der Waals surface area contributed by atoms with Gasteiger partial charge in [-0.05, 0) is 42.0 Å². The van der Waals surface area contributed by atoms with E-state index in [1.807, 2.05) is 28.9 Å². The fourth-order valence-corrected chi connectivity index (χ4v) is 6.58. The maximum absolute atomic E-state index is 14.0. The molecule has 7 aromatic rings. The Morgan fingerprint density at radius 1 is 0.686 bits per heavy atom. The highest BCUT2D eigenvalue weighted by atomic mass is 16.2. The minimum atomic E-state index is -0.264. The number of aromatic nitrogens is 3. The van der Waals surface area contributed by atoms with Crippen molar-refractivity contribution in [2.24, 2.45) is 5.92 Å². The van der Waals surface area contributed by atoms with Crippen molar-refractivity contribution in [3.05, 3.63) is 108 Å². The van der Waals surface area contributed by atoms with E-state index in [0.717, 1.165) is 43.9 Å². The minimum absolute atomic E-state index is 0.106. The van der Waals surface area contributed by atoms with E-state index in [1.165, 1.54) is 21.8 Å². The maximum atomic E-state index is 14.0. The summed E-state index contributed by atoms with van der Waals surface area (Å²) in [5.41, 5.74) is 9.75. The molecule has 0 saturated carbocycles. The molecule has 4 aromatic carbocycles. The topological polar surface area (TPSA) is 30.5 Å². The van der Waals surface area contributed by atoms with Crippen LogP contribution in [0.5, 0.6) is 0 Å². The van der Waals surface area contributed by atoms with Gasteiger partial charge in [0.2, 0.25) is 22.5 Å². The van der Waals surface area contributed by atoms with Crippen molar-refractivity contribution in [2.75, 3.05) is 0 Å². The van der Waals surface area contributed by atoms with Crippen molar-refractivity contribution in [1.29, 1.82) is 0 Å². The molecule has 2 aliphatic rings. The van der Waals surface area contributed by atoms with Crippen LogP contribution in [0.3, 0.4) is 0 Å². The Balaban J connectivity index is 1.74. The van der Waals surface area contributed by atoms with Crippen molar-refractivity contribution < 1.29 is 9.20 Å². The molecule has 4 nitrogen and oxygen atoms in total. The largest absolute Gasteiger partial charge is 0.295 e. The van der Waals surface area contributed by atoms with E-state index in [0.29, 0.717) is 0 Å². The van der Waals surface area contributed by atoms with Crippen LogP contribution >= 0.6 is 0 Å². The summed E-state index contributed by atoms with van der Waals surface area (Å²) in [5, 5.41) is 3.61. The predicted octanol–water partition coefficient (Wildman–Crippen LogP) is 5.36. The van der Waals surface area contributed by atoms with Crippen LogP contribution in [0.4, 0.5) is 0 Å². The molecule has 0 bridgehead atoms. The van der Waals surface area contributed by atoms with Gasteiger partial charge in [-0.25, -0.2) is 0 Å². The lowest BCUT2D eigenvalue weighted by atomic mass is 9.88. The highest BCUT2D eigenvalue weighted by Gasteiger charge is 2.34. The summed E-state index contributed by atoms with van der Waals surface area (Å²) in [6.45, 7) is 0. The number of carbonyl (C=O) groups is 1. The predicted molar refractivity (Wildman–Crippen MR) is 140 cm³/mol. The van der Waals surface area contributed by atoms with Crippen molar-refractivity contribution in [3.63, 3.8) is 0 Å². The quantitative estimate of drug-likeness (QED) is 0.175. The zero-order valence-corrected chi connectivity index (χ0v) is 18.6. The van der Waals surface area contributed by atoms with Gasteiger partial charge >= 0.3 is 0 Å². The van der Waals surface area contributed by atoms with Crippen LogP contribution in [0.25, 0.3) is 60.5 Å². The summed E-state index contributed by atoms with van der Waals surface area (Å²) in [4.78, 5) is 14.0. The number of para-hydroxylation sites is 4. The molecule has 1 aliphatic carbocycles. The zero-order chi connectivity index (χ0) is 22.8. The van der Waals surface area contributed by atoms with Crippen LogP contribution < -0.4 is 9.62 Å². The number of fused-ring (bicyclic) bond motifs is 9. The van der Waals surface area contributed by atoms with E-state index >= 15 is 0 Å². The summed E-state index contributed by atoms with van der Waals surface area (Å²) < 4.78 is 6.72. The number of allylic oxidation sites excluding steroid dienone is 4. The molecule has 0 spiro atoms. The SMILES string of the molecule is O=C1C2C=CC=CC2=c2ccc3c4c2n1c1ccccc1n4c1cccc2c4ccccc4[n+]3c21. The van der Waals surface area contributed by atoms with Crippen LogP contribution in [-0.4, -0.2) is 14.9 Å². The highest BCUT2D eigenvalue weighted by molar-refractivity contribution is 6.15. The number of nitrogens with zero attached hydrogens (tertiary/aromatic N) is 3. The monoisotopic (exact) mass is 448 g/mol. The summed E-state index contributed by atoms with van der Waals surface area (Å²) in [6.07, 6.45) is 8.14. The Bertz CT molecular complexity index is 2240. The summed E-state index contributed by atoms with van der Waals surface area (Å²) in [5.74, 6) is -0.157. The highest BCUT2D eigenvalue weighted by Crippen LogP contribution is 2.36. The molecule has 9 rings (SSSR count). The van der Waals surface area contributed by atoms with Crippen LogP contribution in [0.2, 0.25) is 0 Å². The van der Waals surface area contributed by atoms with Gasteiger partial charge in [0.15, 0.2) is 0 Å². The van der Waals surface area contributed by atoms with Gasteiger partial charge in [-0.15, -0.1) is 4.40 Å². The van der Waals surface area contributed by atoms with Crippen LogP contribution in [0.15, 0.2) is 103 Å². The van der Waals surface area contributed by atoms with Crippen molar-refractivity contribution in [2.45, 2.75) is 0 Å². The molecule has 162 valence electrons. The van der Waals surface area contributed by atoms with Crippen LogP contribution in [0.1, 0.15) is 4.79 Å². The first-order valence-corrected chi connectivity index (χ1v) is 12.0. The van der Waals surface area contributed by atoms with Crippen molar-refractivity contribution in [1.82, 2.24) is 8.97 Å². The maximum Gasteiger partial charge on any atom is 0.244 e. The van der Waals surface area contributed by atoms with E-state index in [-0.39, 0.29) is 11.8 Å². The fraction of sp³-hybridized carbons (Fsp3) is 0.0323. The Morgan fingerprint density at radius 3 is 2.43 bits per heavy atom. The van der Waals surface area contributed by atoms with Gasteiger partial charge in [0.25, 0.3) is 0 Å². The van der Waals surface area contributed by atoms with Gasteiger partial charge in [-0.2, -0.15) is 0 Å². The van der Waals surface area contributed by atoms with E-state index in [4.69, 9.17) is 0 Å². The molecule has 3 aromatic heterocycles. The van der Waals surface area contributed by atoms with Gasteiger partial charge in [-0.1, -0.05) is 54.6 Å². The van der Waals surface area contributed by atoms with E-state index in [9.17, 15) is 4.79 Å². The first-order valence-electron chi connectivity index (χ1n) is 12.0. The molecular weight excluding hydrogens is 430 g/mol. The van der Waals surface area contributed by atoms with Gasteiger partial charge < -0.3 is 0 Å². The third-order valence-corrected chi connectivity index (χ3v) is 7.92. The second-order valence-electron chi connectivity index (χ2n) is 9.53. The Labute approximate surface area is 198 Å². The first kappa shape index (κ1) is 17.7. The minimum Gasteiger partial charge on any atom is -0.295 e. The van der Waals surface area contributed by atoms with Gasteiger partial charge in [-0.3, -0.25) is 13.8 Å². The van der Waals surface area contributed by atoms with Crippen molar-refractivity contribution in [3.8, 4) is 0 Å². The van der Waals surface area contributed by atoms with E-state index in [2.05, 4.69) is 87.7 Å². The van der Waals surface area contributed by atoms with E-state index < -0.39 is 0 Å². The molecule has 4 heterocycles.